The molecule has 0 aliphatic heterocycles. The van der Waals surface area contributed by atoms with Gasteiger partial charge in [0, 0.05) is 17.1 Å². The number of hydrogen-bond donors (Lipinski definition) is 2. The van der Waals surface area contributed by atoms with E-state index < -0.39 is 32.5 Å². The molecule has 0 aliphatic carbocycles. The number of rotatable bonds is 11. The van der Waals surface area contributed by atoms with E-state index in [-0.39, 0.29) is 21.4 Å². The van der Waals surface area contributed by atoms with E-state index in [0.29, 0.717) is 29.4 Å². The lowest BCUT2D eigenvalue weighted by molar-refractivity contribution is -0.114. The number of para-hydroxylation sites is 1. The van der Waals surface area contributed by atoms with Crippen molar-refractivity contribution in [3.05, 3.63) is 96.3 Å². The average molecular weight is 596 g/mol. The van der Waals surface area contributed by atoms with Gasteiger partial charge in [-0.2, -0.15) is 0 Å². The number of hydrogen-bond acceptors (Lipinski definition) is 8. The summed E-state index contributed by atoms with van der Waals surface area (Å²) in [4.78, 5) is 21.1. The molecule has 1 aromatic heterocycles. The molecule has 0 radical (unpaired) electrons. The summed E-state index contributed by atoms with van der Waals surface area (Å²) in [5.74, 6) is -0.145. The Bertz CT molecular complexity index is 1710. The topological polar surface area (TPSA) is 148 Å². The van der Waals surface area contributed by atoms with Crippen molar-refractivity contribution in [1.82, 2.24) is 9.97 Å². The van der Waals surface area contributed by atoms with Gasteiger partial charge in [-0.15, -0.1) is 0 Å². The van der Waals surface area contributed by atoms with Crippen molar-refractivity contribution in [3.8, 4) is 5.75 Å². The van der Waals surface area contributed by atoms with Crippen molar-refractivity contribution in [1.29, 1.82) is 0 Å². The summed E-state index contributed by atoms with van der Waals surface area (Å²) in [6, 6.07) is 21.4. The molecular formula is C28H29N5O6S2. The molecule has 214 valence electrons. The van der Waals surface area contributed by atoms with Crippen LogP contribution in [-0.4, -0.2) is 45.9 Å². The van der Waals surface area contributed by atoms with Crippen molar-refractivity contribution >= 4 is 43.3 Å². The van der Waals surface area contributed by atoms with Crippen molar-refractivity contribution in [2.45, 2.75) is 30.6 Å². The maximum Gasteiger partial charge on any atom is 0.264 e. The zero-order chi connectivity index (χ0) is 29.6. The highest BCUT2D eigenvalue weighted by atomic mass is 32.2. The first-order chi connectivity index (χ1) is 19.5. The van der Waals surface area contributed by atoms with Gasteiger partial charge in [0.15, 0.2) is 0 Å². The van der Waals surface area contributed by atoms with Crippen LogP contribution in [0.2, 0.25) is 0 Å². The van der Waals surface area contributed by atoms with E-state index in [2.05, 4.69) is 20.0 Å². The van der Waals surface area contributed by atoms with Gasteiger partial charge in [-0.05, 0) is 87.5 Å². The second kappa shape index (κ2) is 12.4. The number of amides is 1. The van der Waals surface area contributed by atoms with E-state index >= 15 is 0 Å². The number of carbonyl (C=O) groups excluding carboxylic acids is 1. The van der Waals surface area contributed by atoms with E-state index in [1.54, 1.807) is 62.4 Å². The predicted octanol–water partition coefficient (Wildman–Crippen LogP) is 4.13. The third kappa shape index (κ3) is 7.38. The van der Waals surface area contributed by atoms with Crippen LogP contribution in [0.1, 0.15) is 18.3 Å². The summed E-state index contributed by atoms with van der Waals surface area (Å²) in [6.45, 7) is 5.20. The SMILES string of the molecule is CCOc1ccc(S(=O)(=O)N(CC(=O)Nc2ccc(S(=O)(=O)Nc3nc(C)cc(C)n3)cc2)c2ccccc2)cc1. The number of aromatic nitrogens is 2. The quantitative estimate of drug-likeness (QED) is 0.263. The highest BCUT2D eigenvalue weighted by Crippen LogP contribution is 2.25. The maximum atomic E-state index is 13.6. The number of nitrogens with one attached hydrogen (secondary N) is 2. The summed E-state index contributed by atoms with van der Waals surface area (Å²) < 4.78 is 61.5. The van der Waals surface area contributed by atoms with Crippen LogP contribution in [0, 0.1) is 13.8 Å². The van der Waals surface area contributed by atoms with Gasteiger partial charge in [-0.3, -0.25) is 9.10 Å². The van der Waals surface area contributed by atoms with Gasteiger partial charge in [-0.1, -0.05) is 18.2 Å². The minimum Gasteiger partial charge on any atom is -0.494 e. The largest absolute Gasteiger partial charge is 0.494 e. The van der Waals surface area contributed by atoms with E-state index in [1.807, 2.05) is 6.92 Å². The van der Waals surface area contributed by atoms with E-state index in [4.69, 9.17) is 4.74 Å². The van der Waals surface area contributed by atoms with Crippen molar-refractivity contribution in [2.24, 2.45) is 0 Å². The number of benzene rings is 3. The third-order valence-electron chi connectivity index (χ3n) is 5.71. The van der Waals surface area contributed by atoms with Crippen LogP contribution in [0.4, 0.5) is 17.3 Å². The van der Waals surface area contributed by atoms with Gasteiger partial charge in [0.2, 0.25) is 11.9 Å². The van der Waals surface area contributed by atoms with Crippen LogP contribution in [0.3, 0.4) is 0 Å². The average Bonchev–Trinajstić information content (AvgIpc) is 2.92. The van der Waals surface area contributed by atoms with Gasteiger partial charge < -0.3 is 10.1 Å². The van der Waals surface area contributed by atoms with Crippen LogP contribution in [0.15, 0.2) is 94.7 Å². The molecule has 13 heteroatoms. The van der Waals surface area contributed by atoms with Gasteiger partial charge in [0.05, 0.1) is 22.1 Å². The van der Waals surface area contributed by atoms with Crippen molar-refractivity contribution < 1.29 is 26.4 Å². The molecule has 2 N–H and O–H groups in total. The Hall–Kier alpha value is -4.49. The summed E-state index contributed by atoms with van der Waals surface area (Å²) in [5, 5.41) is 2.63. The minimum atomic E-state index is -4.12. The molecule has 0 unspecified atom stereocenters. The zero-order valence-corrected chi connectivity index (χ0v) is 24.2. The smallest absolute Gasteiger partial charge is 0.264 e. The van der Waals surface area contributed by atoms with Gasteiger partial charge >= 0.3 is 0 Å². The summed E-state index contributed by atoms with van der Waals surface area (Å²) in [6.07, 6.45) is 0. The number of anilines is 3. The summed E-state index contributed by atoms with van der Waals surface area (Å²) in [5.41, 5.74) is 1.81. The molecule has 0 saturated carbocycles. The molecule has 11 nitrogen and oxygen atoms in total. The Morgan fingerprint density at radius 3 is 2.00 bits per heavy atom. The first kappa shape index (κ1) is 29.5. The fourth-order valence-corrected chi connectivity index (χ4v) is 6.27. The lowest BCUT2D eigenvalue weighted by Crippen LogP contribution is -2.38. The molecule has 0 atom stereocenters. The molecule has 0 aliphatic rings. The fourth-order valence-electron chi connectivity index (χ4n) is 3.91. The van der Waals surface area contributed by atoms with E-state index in [0.717, 1.165) is 4.31 Å². The second-order valence-electron chi connectivity index (χ2n) is 8.90. The highest BCUT2D eigenvalue weighted by molar-refractivity contribution is 7.93. The summed E-state index contributed by atoms with van der Waals surface area (Å²) >= 11 is 0. The normalized spacial score (nSPS) is 11.5. The molecule has 4 aromatic rings. The number of ether oxygens (including phenoxy) is 1. The molecular weight excluding hydrogens is 566 g/mol. The van der Waals surface area contributed by atoms with E-state index in [9.17, 15) is 21.6 Å². The molecule has 1 heterocycles. The molecule has 0 fully saturated rings. The van der Waals surface area contributed by atoms with Crippen molar-refractivity contribution in [2.75, 3.05) is 27.5 Å². The molecule has 0 saturated heterocycles. The third-order valence-corrected chi connectivity index (χ3v) is 8.84. The highest BCUT2D eigenvalue weighted by Gasteiger charge is 2.27. The Balaban J connectivity index is 1.51. The number of nitrogens with zero attached hydrogens (tertiary/aromatic N) is 3. The molecule has 3 aromatic carbocycles. The van der Waals surface area contributed by atoms with Crippen molar-refractivity contribution in [3.63, 3.8) is 0 Å². The molecule has 0 bridgehead atoms. The monoisotopic (exact) mass is 595 g/mol. The van der Waals surface area contributed by atoms with Gasteiger partial charge in [-0.25, -0.2) is 31.5 Å². The predicted molar refractivity (Wildman–Crippen MR) is 156 cm³/mol. The first-order valence-corrected chi connectivity index (χ1v) is 15.5. The van der Waals surface area contributed by atoms with Gasteiger partial charge in [0.25, 0.3) is 20.0 Å². The number of sulfonamides is 2. The fraction of sp³-hybridized carbons (Fsp3) is 0.179. The maximum absolute atomic E-state index is 13.6. The van der Waals surface area contributed by atoms with E-state index in [1.165, 1.54) is 36.4 Å². The van der Waals surface area contributed by atoms with Gasteiger partial charge in [0.1, 0.15) is 12.3 Å². The number of aryl methyl sites for hydroxylation is 2. The molecule has 4 rings (SSSR count). The Morgan fingerprint density at radius 1 is 0.829 bits per heavy atom. The Labute approximate surface area is 239 Å². The zero-order valence-electron chi connectivity index (χ0n) is 22.6. The van der Waals surface area contributed by atoms with Crippen LogP contribution in [0.25, 0.3) is 0 Å². The standard InChI is InChI=1S/C28H29N5O6S2/c1-4-39-24-12-16-26(17-13-24)41(37,38)33(23-8-6-5-7-9-23)19-27(34)31-22-10-14-25(15-11-22)40(35,36)32-28-29-20(2)18-21(3)30-28/h5-18H,4,19H2,1-3H3,(H,31,34)(H,29,30,32). The number of carbonyl (C=O) groups is 1. The molecule has 41 heavy (non-hydrogen) atoms. The first-order valence-electron chi connectivity index (χ1n) is 12.5. The van der Waals surface area contributed by atoms with Crippen LogP contribution < -0.4 is 19.1 Å². The lowest BCUT2D eigenvalue weighted by atomic mass is 10.3. The summed E-state index contributed by atoms with van der Waals surface area (Å²) in [7, 11) is -8.11. The Morgan fingerprint density at radius 2 is 1.41 bits per heavy atom. The molecule has 1 amide bonds. The second-order valence-corrected chi connectivity index (χ2v) is 12.4. The van der Waals surface area contributed by atoms with Crippen LogP contribution in [-0.2, 0) is 24.8 Å². The minimum absolute atomic E-state index is 0.00699. The molecule has 0 spiro atoms. The Kier molecular flexibility index (Phi) is 8.89. The van der Waals surface area contributed by atoms with Crippen LogP contribution >= 0.6 is 0 Å². The lowest BCUT2D eigenvalue weighted by Gasteiger charge is -2.24. The van der Waals surface area contributed by atoms with Crippen LogP contribution in [0.5, 0.6) is 5.75 Å².